The van der Waals surface area contributed by atoms with E-state index in [1.807, 2.05) is 0 Å². The highest BCUT2D eigenvalue weighted by molar-refractivity contribution is 7.45. The Kier molecular flexibility index (Phi) is 32.5. The molecule has 112 valence electrons. The van der Waals surface area contributed by atoms with Crippen molar-refractivity contribution in [2.24, 2.45) is 11.5 Å². The number of amides is 2. The summed E-state index contributed by atoms with van der Waals surface area (Å²) in [4.78, 5) is 56.2. The first-order chi connectivity index (χ1) is 5.73. The minimum absolute atomic E-state index is 0. The number of urea groups is 1. The topological polar surface area (TPSA) is 343 Å². The Hall–Kier alpha value is -0.630. The van der Waals surface area contributed by atoms with Crippen LogP contribution in [0.4, 0.5) is 4.79 Å². The predicted octanol–water partition coefficient (Wildman–Crippen LogP) is -3.60. The maximum atomic E-state index is 9.00. The Morgan fingerprint density at radius 2 is 0.882 bits per heavy atom. The zero-order valence-electron chi connectivity index (χ0n) is 9.34. The second-order valence-corrected chi connectivity index (χ2v) is 3.28. The number of quaternary nitrogens is 3. The van der Waals surface area contributed by atoms with Gasteiger partial charge < -0.3 is 63.8 Å². The summed E-state index contributed by atoms with van der Waals surface area (Å²) < 4.78 is 17.4. The Morgan fingerprint density at radius 1 is 0.882 bits per heavy atom. The Bertz CT molecular complexity index is 203. The van der Waals surface area contributed by atoms with Gasteiger partial charge in [-0.2, -0.15) is 7.82 Å². The number of rotatable bonds is 0. The zero-order chi connectivity index (χ0) is 12.6. The summed E-state index contributed by atoms with van der Waals surface area (Å²) in [6, 6.07) is -0.833. The van der Waals surface area contributed by atoms with Crippen molar-refractivity contribution in [1.82, 2.24) is 18.5 Å². The minimum atomic E-state index is -5.39. The molecule has 0 spiro atoms. The van der Waals surface area contributed by atoms with Gasteiger partial charge in [0.15, 0.2) is 0 Å². The first-order valence-electron chi connectivity index (χ1n) is 2.29. The summed E-state index contributed by atoms with van der Waals surface area (Å²) in [6.07, 6.45) is 0. The smallest absolute Gasteiger partial charge is 0.466 e. The van der Waals surface area contributed by atoms with E-state index in [0.717, 1.165) is 0 Å². The molecular formula is CH19N5O9P2. The summed E-state index contributed by atoms with van der Waals surface area (Å²) in [5, 5.41) is 0. The normalized spacial score (nSPS) is 8.35. The number of hydrogen-bond donors (Lipinski definition) is 8. The molecule has 19 N–H and O–H groups in total. The summed E-state index contributed by atoms with van der Waals surface area (Å²) in [6.45, 7) is 0. The molecule has 0 bridgehead atoms. The molecule has 16 heteroatoms. The SMILES string of the molecule is NC(N)=O.O=P(O)(O)O.O=P([O-])([O-])[O-].[NH4+].[NH4+].[NH4+]. The average Bonchev–Trinajstić information content (AvgIpc) is 1.45. The van der Waals surface area contributed by atoms with Crippen LogP contribution >= 0.6 is 15.6 Å². The molecule has 14 nitrogen and oxygen atoms in total. The zero-order valence-corrected chi connectivity index (χ0v) is 11.1. The summed E-state index contributed by atoms with van der Waals surface area (Å²) in [5.74, 6) is 0. The van der Waals surface area contributed by atoms with E-state index in [1.165, 1.54) is 0 Å². The third-order valence-electron chi connectivity index (χ3n) is 0. The molecule has 0 radical (unpaired) electrons. The van der Waals surface area contributed by atoms with E-state index >= 15 is 0 Å². The molecule has 0 saturated heterocycles. The van der Waals surface area contributed by atoms with Crippen LogP contribution in [-0.2, 0) is 9.13 Å². The van der Waals surface area contributed by atoms with Crippen LogP contribution in [0.1, 0.15) is 0 Å². The first kappa shape index (κ1) is 36.0. The number of primary amides is 2. The summed E-state index contributed by atoms with van der Waals surface area (Å²) in [5.41, 5.74) is 8.50. The van der Waals surface area contributed by atoms with Gasteiger partial charge in [-0.3, -0.25) is 0 Å². The quantitative estimate of drug-likeness (QED) is 0.204. The second-order valence-electron chi connectivity index (χ2n) is 1.36. The van der Waals surface area contributed by atoms with E-state index in [-0.39, 0.29) is 18.5 Å². The third-order valence-corrected chi connectivity index (χ3v) is 0. The van der Waals surface area contributed by atoms with E-state index < -0.39 is 21.7 Å². The highest BCUT2D eigenvalue weighted by Crippen LogP contribution is 2.25. The Labute approximate surface area is 95.9 Å². The molecule has 0 fully saturated rings. The van der Waals surface area contributed by atoms with E-state index in [4.69, 9.17) is 43.3 Å². The molecule has 0 saturated carbocycles. The molecule has 0 aliphatic rings. The van der Waals surface area contributed by atoms with Crippen molar-refractivity contribution >= 4 is 21.7 Å². The average molecular weight is 307 g/mol. The molecule has 0 aliphatic carbocycles. The molecule has 2 amide bonds. The molecule has 0 heterocycles. The predicted molar refractivity (Wildman–Crippen MR) is 53.6 cm³/mol. The van der Waals surface area contributed by atoms with Crippen molar-refractivity contribution in [2.75, 3.05) is 0 Å². The molecule has 0 aliphatic heterocycles. The maximum absolute atomic E-state index is 9.00. The Balaban J connectivity index is -0.0000000247. The van der Waals surface area contributed by atoms with Crippen molar-refractivity contribution in [3.8, 4) is 0 Å². The van der Waals surface area contributed by atoms with E-state index in [2.05, 4.69) is 11.5 Å². The molecule has 0 aromatic carbocycles. The van der Waals surface area contributed by atoms with Gasteiger partial charge >= 0.3 is 13.9 Å². The summed E-state index contributed by atoms with van der Waals surface area (Å²) >= 11 is 0. The second kappa shape index (κ2) is 15.4. The van der Waals surface area contributed by atoms with Gasteiger partial charge in [0.25, 0.3) is 0 Å². The fourth-order valence-electron chi connectivity index (χ4n) is 0. The van der Waals surface area contributed by atoms with Crippen LogP contribution in [0.5, 0.6) is 0 Å². The van der Waals surface area contributed by atoms with Crippen molar-refractivity contribution in [3.05, 3.63) is 0 Å². The highest BCUT2D eigenvalue weighted by atomic mass is 31.2. The number of hydrogen-bond acceptors (Lipinski definition) is 6. The lowest BCUT2D eigenvalue weighted by molar-refractivity contribution is -0.432. The lowest BCUT2D eigenvalue weighted by Crippen LogP contribution is -2.24. The highest BCUT2D eigenvalue weighted by Gasteiger charge is 2.00. The largest absolute Gasteiger partial charge is 0.822 e. The first-order valence-corrected chi connectivity index (χ1v) is 5.32. The van der Waals surface area contributed by atoms with Gasteiger partial charge in [-0.15, -0.1) is 0 Å². The van der Waals surface area contributed by atoms with E-state index in [9.17, 15) is 0 Å². The molecule has 0 atom stereocenters. The third kappa shape index (κ3) is 6920. The summed E-state index contributed by atoms with van der Waals surface area (Å²) in [7, 11) is -10.0. The molecule has 0 unspecified atom stereocenters. The van der Waals surface area contributed by atoms with E-state index in [1.54, 1.807) is 0 Å². The van der Waals surface area contributed by atoms with Crippen LogP contribution in [0.2, 0.25) is 0 Å². The standard InChI is InChI=1S/CH4N2O.3H3N.2H3O4P/c2-1(3)4;;;;2*1-5(2,3)4/h(H4,2,3,4);3*1H3;2*(H3,1,2,3,4). The monoisotopic (exact) mass is 307 g/mol. The van der Waals surface area contributed by atoms with Gasteiger partial charge in [0.05, 0.1) is 0 Å². The van der Waals surface area contributed by atoms with Crippen molar-refractivity contribution in [1.29, 1.82) is 0 Å². The molecule has 17 heavy (non-hydrogen) atoms. The van der Waals surface area contributed by atoms with Gasteiger partial charge in [0, 0.05) is 0 Å². The maximum Gasteiger partial charge on any atom is 0.466 e. The van der Waals surface area contributed by atoms with Crippen LogP contribution in [0, 0.1) is 0 Å². The van der Waals surface area contributed by atoms with Crippen LogP contribution < -0.4 is 44.6 Å². The van der Waals surface area contributed by atoms with Crippen molar-refractivity contribution in [3.63, 3.8) is 0 Å². The van der Waals surface area contributed by atoms with Crippen molar-refractivity contribution in [2.45, 2.75) is 0 Å². The van der Waals surface area contributed by atoms with Gasteiger partial charge in [0.2, 0.25) is 0 Å². The van der Waals surface area contributed by atoms with Gasteiger partial charge in [-0.05, 0) is 0 Å². The molecule has 0 rings (SSSR count). The van der Waals surface area contributed by atoms with Gasteiger partial charge in [-0.1, -0.05) is 0 Å². The number of phosphoric acid groups is 2. The lowest BCUT2D eigenvalue weighted by atomic mass is 11.2. The van der Waals surface area contributed by atoms with Crippen LogP contribution in [0.15, 0.2) is 0 Å². The fraction of sp³-hybridized carbons (Fsp3) is 0. The van der Waals surface area contributed by atoms with Gasteiger partial charge in [0.1, 0.15) is 0 Å². The molecule has 0 aromatic heterocycles. The van der Waals surface area contributed by atoms with E-state index in [0.29, 0.717) is 0 Å². The van der Waals surface area contributed by atoms with Crippen molar-refractivity contribution < 1.29 is 43.3 Å². The number of nitrogens with two attached hydrogens (primary N) is 2. The fourth-order valence-corrected chi connectivity index (χ4v) is 0. The number of carbonyl (C=O) groups is 1. The number of carbonyl (C=O) groups excluding carboxylic acids is 1. The lowest BCUT2D eigenvalue weighted by Gasteiger charge is -2.36. The van der Waals surface area contributed by atoms with Gasteiger partial charge in [-0.25, -0.2) is 9.36 Å². The van der Waals surface area contributed by atoms with Crippen LogP contribution in [-0.4, -0.2) is 20.7 Å². The Morgan fingerprint density at radius 3 is 0.882 bits per heavy atom. The molecular weight excluding hydrogens is 288 g/mol. The minimum Gasteiger partial charge on any atom is -0.822 e. The van der Waals surface area contributed by atoms with Crippen LogP contribution in [0.25, 0.3) is 0 Å². The van der Waals surface area contributed by atoms with Crippen LogP contribution in [0.3, 0.4) is 0 Å². The molecule has 0 aromatic rings.